The fraction of sp³-hybridized carbons (Fsp3) is 0.125. The summed E-state index contributed by atoms with van der Waals surface area (Å²) in [6.45, 7) is 1.32. The van der Waals surface area contributed by atoms with Crippen LogP contribution in [0.4, 0.5) is 10.1 Å². The van der Waals surface area contributed by atoms with Gasteiger partial charge in [-0.25, -0.2) is 9.18 Å². The quantitative estimate of drug-likeness (QED) is 0.354. The maximum atomic E-state index is 12.9. The highest BCUT2D eigenvalue weighted by Crippen LogP contribution is 2.24. The van der Waals surface area contributed by atoms with Crippen molar-refractivity contribution in [3.63, 3.8) is 0 Å². The Morgan fingerprint density at radius 3 is 2.42 bits per heavy atom. The fourth-order valence-corrected chi connectivity index (χ4v) is 2.13. The highest BCUT2D eigenvalue weighted by molar-refractivity contribution is 6.31. The van der Waals surface area contributed by atoms with E-state index in [0.717, 1.165) is 24.3 Å². The van der Waals surface area contributed by atoms with Crippen molar-refractivity contribution in [1.82, 2.24) is 0 Å². The third-order valence-corrected chi connectivity index (χ3v) is 3.39. The molecule has 24 heavy (non-hydrogen) atoms. The maximum absolute atomic E-state index is 12.9. The van der Waals surface area contributed by atoms with Crippen LogP contribution in [-0.4, -0.2) is 22.8 Å². The van der Waals surface area contributed by atoms with Crippen LogP contribution >= 0.6 is 11.6 Å². The number of ether oxygens (including phenoxy) is 1. The Balaban J connectivity index is 2.20. The van der Waals surface area contributed by atoms with Gasteiger partial charge in [-0.15, -0.1) is 0 Å². The van der Waals surface area contributed by atoms with Gasteiger partial charge in [0.2, 0.25) is 5.78 Å². The summed E-state index contributed by atoms with van der Waals surface area (Å²) >= 11 is 5.74. The average Bonchev–Trinajstić information content (AvgIpc) is 2.54. The van der Waals surface area contributed by atoms with Gasteiger partial charge in [-0.1, -0.05) is 11.6 Å². The zero-order chi connectivity index (χ0) is 17.9. The second-order valence-electron chi connectivity index (χ2n) is 4.84. The van der Waals surface area contributed by atoms with Crippen LogP contribution in [0.5, 0.6) is 0 Å². The van der Waals surface area contributed by atoms with E-state index in [1.807, 2.05) is 0 Å². The Bertz CT molecular complexity index is 807. The number of halogens is 2. The summed E-state index contributed by atoms with van der Waals surface area (Å²) in [5, 5.41) is 11.1. The van der Waals surface area contributed by atoms with Gasteiger partial charge < -0.3 is 4.74 Å². The third-order valence-electron chi connectivity index (χ3n) is 3.16. The first-order valence-electron chi connectivity index (χ1n) is 6.74. The van der Waals surface area contributed by atoms with Gasteiger partial charge >= 0.3 is 5.97 Å². The standard InChI is InChI=1S/C16H11ClFNO5/c1-9(15(20)10-2-5-12(18)6-3-10)24-16(21)13-8-11(17)4-7-14(13)19(22)23/h2-9H,1H3/t9-/m0/s1. The van der Waals surface area contributed by atoms with Crippen molar-refractivity contribution in [2.24, 2.45) is 0 Å². The summed E-state index contributed by atoms with van der Waals surface area (Å²) < 4.78 is 17.9. The van der Waals surface area contributed by atoms with Crippen molar-refractivity contribution >= 4 is 29.0 Å². The van der Waals surface area contributed by atoms with E-state index in [1.54, 1.807) is 0 Å². The fourth-order valence-electron chi connectivity index (χ4n) is 1.96. The molecule has 2 aromatic rings. The number of nitro groups is 1. The first-order valence-corrected chi connectivity index (χ1v) is 7.12. The van der Waals surface area contributed by atoms with Gasteiger partial charge in [0.05, 0.1) is 4.92 Å². The molecule has 124 valence electrons. The average molecular weight is 352 g/mol. The molecule has 0 saturated heterocycles. The molecule has 0 aliphatic rings. The molecule has 0 saturated carbocycles. The van der Waals surface area contributed by atoms with Crippen LogP contribution in [0.25, 0.3) is 0 Å². The molecule has 0 aliphatic heterocycles. The monoisotopic (exact) mass is 351 g/mol. The summed E-state index contributed by atoms with van der Waals surface area (Å²) in [5.41, 5.74) is -0.686. The minimum absolute atomic E-state index is 0.116. The van der Waals surface area contributed by atoms with Crippen LogP contribution in [0, 0.1) is 15.9 Å². The van der Waals surface area contributed by atoms with Crippen molar-refractivity contribution < 1.29 is 23.6 Å². The van der Waals surface area contributed by atoms with Crippen LogP contribution in [0.15, 0.2) is 42.5 Å². The van der Waals surface area contributed by atoms with Gasteiger partial charge in [-0.2, -0.15) is 0 Å². The van der Waals surface area contributed by atoms with Crippen LogP contribution in [0.2, 0.25) is 5.02 Å². The summed E-state index contributed by atoms with van der Waals surface area (Å²) in [5.74, 6) is -2.12. The topological polar surface area (TPSA) is 86.5 Å². The Kier molecular flexibility index (Phi) is 5.25. The molecular formula is C16H11ClFNO5. The predicted octanol–water partition coefficient (Wildman–Crippen LogP) is 3.82. The first kappa shape index (κ1) is 17.6. The molecule has 6 nitrogen and oxygen atoms in total. The largest absolute Gasteiger partial charge is 0.450 e. The zero-order valence-electron chi connectivity index (χ0n) is 12.4. The zero-order valence-corrected chi connectivity index (χ0v) is 13.1. The number of esters is 1. The Hall–Kier alpha value is -2.80. The number of rotatable bonds is 5. The van der Waals surface area contributed by atoms with E-state index in [9.17, 15) is 24.1 Å². The van der Waals surface area contributed by atoms with Crippen LogP contribution in [0.1, 0.15) is 27.6 Å². The van der Waals surface area contributed by atoms with Crippen molar-refractivity contribution in [3.8, 4) is 0 Å². The highest BCUT2D eigenvalue weighted by atomic mass is 35.5. The predicted molar refractivity (Wildman–Crippen MR) is 83.7 cm³/mol. The number of carbonyl (C=O) groups excluding carboxylic acids is 2. The van der Waals surface area contributed by atoms with E-state index < -0.39 is 34.3 Å². The summed E-state index contributed by atoms with van der Waals surface area (Å²) in [6, 6.07) is 8.15. The third kappa shape index (κ3) is 3.94. The number of hydrogen-bond donors (Lipinski definition) is 0. The molecule has 8 heteroatoms. The summed E-state index contributed by atoms with van der Waals surface area (Å²) in [6.07, 6.45) is -1.21. The van der Waals surface area contributed by atoms with E-state index in [1.165, 1.54) is 25.1 Å². The number of carbonyl (C=O) groups is 2. The summed E-state index contributed by atoms with van der Waals surface area (Å²) in [4.78, 5) is 34.5. The van der Waals surface area contributed by atoms with Gasteiger partial charge in [0, 0.05) is 16.7 Å². The first-order chi connectivity index (χ1) is 11.3. The number of Topliss-reactive ketones (excluding diaryl/α,β-unsaturated/α-hetero) is 1. The molecule has 0 aliphatic carbocycles. The molecule has 0 unspecified atom stereocenters. The minimum Gasteiger partial charge on any atom is -0.450 e. The van der Waals surface area contributed by atoms with E-state index in [2.05, 4.69) is 0 Å². The number of nitrogens with zero attached hydrogens (tertiary/aromatic N) is 1. The van der Waals surface area contributed by atoms with Crippen molar-refractivity contribution in [3.05, 3.63) is 74.5 Å². The second kappa shape index (κ2) is 7.18. The molecule has 0 aromatic heterocycles. The number of ketones is 1. The number of hydrogen-bond acceptors (Lipinski definition) is 5. The molecule has 0 fully saturated rings. The van der Waals surface area contributed by atoms with E-state index in [4.69, 9.17) is 16.3 Å². The Morgan fingerprint density at radius 1 is 1.21 bits per heavy atom. The van der Waals surface area contributed by atoms with Gasteiger partial charge in [-0.05, 0) is 43.3 Å². The van der Waals surface area contributed by atoms with Crippen molar-refractivity contribution in [2.45, 2.75) is 13.0 Å². The van der Waals surface area contributed by atoms with Crippen LogP contribution < -0.4 is 0 Å². The Morgan fingerprint density at radius 2 is 1.83 bits per heavy atom. The lowest BCUT2D eigenvalue weighted by atomic mass is 10.1. The van der Waals surface area contributed by atoms with Crippen molar-refractivity contribution in [1.29, 1.82) is 0 Å². The van der Waals surface area contributed by atoms with Crippen molar-refractivity contribution in [2.75, 3.05) is 0 Å². The molecule has 2 aromatic carbocycles. The highest BCUT2D eigenvalue weighted by Gasteiger charge is 2.26. The Labute approximate surface area is 141 Å². The van der Waals surface area contributed by atoms with Gasteiger partial charge in [0.1, 0.15) is 11.4 Å². The van der Waals surface area contributed by atoms with Gasteiger partial charge in [0.15, 0.2) is 6.10 Å². The molecule has 0 bridgehead atoms. The maximum Gasteiger partial charge on any atom is 0.345 e. The lowest BCUT2D eigenvalue weighted by Crippen LogP contribution is -2.24. The van der Waals surface area contributed by atoms with E-state index in [-0.39, 0.29) is 16.1 Å². The molecule has 0 N–H and O–H groups in total. The van der Waals surface area contributed by atoms with Gasteiger partial charge in [-0.3, -0.25) is 14.9 Å². The van der Waals surface area contributed by atoms with Crippen LogP contribution in [-0.2, 0) is 4.74 Å². The molecular weight excluding hydrogens is 341 g/mol. The minimum atomic E-state index is -1.21. The normalized spacial score (nSPS) is 11.6. The van der Waals surface area contributed by atoms with Gasteiger partial charge in [0.25, 0.3) is 5.69 Å². The SMILES string of the molecule is C[C@H](OC(=O)c1cc(Cl)ccc1[N+](=O)[O-])C(=O)c1ccc(F)cc1. The molecule has 0 heterocycles. The molecule has 0 amide bonds. The molecule has 2 rings (SSSR count). The smallest absolute Gasteiger partial charge is 0.345 e. The number of benzene rings is 2. The van der Waals surface area contributed by atoms with E-state index >= 15 is 0 Å². The van der Waals surface area contributed by atoms with E-state index in [0.29, 0.717) is 0 Å². The lowest BCUT2D eigenvalue weighted by Gasteiger charge is -2.12. The van der Waals surface area contributed by atoms with Crippen LogP contribution in [0.3, 0.4) is 0 Å². The lowest BCUT2D eigenvalue weighted by molar-refractivity contribution is -0.385. The second-order valence-corrected chi connectivity index (χ2v) is 5.27. The molecule has 0 spiro atoms. The number of nitro benzene ring substituents is 1. The molecule has 1 atom stereocenters. The molecule has 0 radical (unpaired) electrons. The summed E-state index contributed by atoms with van der Waals surface area (Å²) in [7, 11) is 0.